The van der Waals surface area contributed by atoms with Gasteiger partial charge in [0.2, 0.25) is 0 Å². The molecule has 4 rings (SSSR count). The Balaban J connectivity index is 1.55. The van der Waals surface area contributed by atoms with E-state index in [0.29, 0.717) is 10.0 Å². The zero-order chi connectivity index (χ0) is 17.4. The molecule has 0 amide bonds. The van der Waals surface area contributed by atoms with Crippen LogP contribution in [0.25, 0.3) is 0 Å². The Morgan fingerprint density at radius 3 is 2.68 bits per heavy atom. The molecule has 2 aromatic heterocycles. The summed E-state index contributed by atoms with van der Waals surface area (Å²) in [6, 6.07) is 15.3. The number of para-hydroxylation sites is 1. The lowest BCUT2D eigenvalue weighted by atomic mass is 10.2. The van der Waals surface area contributed by atoms with Crippen molar-refractivity contribution in [2.24, 2.45) is 0 Å². The lowest BCUT2D eigenvalue weighted by Crippen LogP contribution is -2.15. The molecule has 0 saturated heterocycles. The van der Waals surface area contributed by atoms with Crippen LogP contribution in [0.15, 0.2) is 58.9 Å². The number of nitrogens with zero attached hydrogens (tertiary/aromatic N) is 2. The van der Waals surface area contributed by atoms with E-state index in [9.17, 15) is 8.42 Å². The summed E-state index contributed by atoms with van der Waals surface area (Å²) in [5, 5.41) is 0. The molecule has 0 aliphatic carbocycles. The lowest BCUT2D eigenvalue weighted by Gasteiger charge is -2.19. The van der Waals surface area contributed by atoms with Crippen LogP contribution in [0.3, 0.4) is 0 Å². The Kier molecular flexibility index (Phi) is 3.97. The maximum atomic E-state index is 12.4. The number of thiophene rings is 1. The van der Waals surface area contributed by atoms with Crippen LogP contribution in [0.2, 0.25) is 0 Å². The van der Waals surface area contributed by atoms with Gasteiger partial charge in [0.05, 0.1) is 11.9 Å². The number of nitrogens with one attached hydrogen (secondary N) is 1. The number of sulfonamides is 1. The van der Waals surface area contributed by atoms with Gasteiger partial charge in [0.25, 0.3) is 10.0 Å². The average Bonchev–Trinajstić information content (AvgIpc) is 3.22. The minimum atomic E-state index is -3.58. The van der Waals surface area contributed by atoms with Gasteiger partial charge in [0, 0.05) is 17.1 Å². The second kappa shape index (κ2) is 6.16. The Morgan fingerprint density at radius 2 is 1.96 bits per heavy atom. The van der Waals surface area contributed by atoms with Crippen molar-refractivity contribution in [3.8, 4) is 0 Å². The first kappa shape index (κ1) is 16.1. The van der Waals surface area contributed by atoms with Gasteiger partial charge in [0.1, 0.15) is 10.0 Å². The average molecular weight is 371 g/mol. The van der Waals surface area contributed by atoms with Crippen molar-refractivity contribution in [1.82, 2.24) is 4.98 Å². The molecule has 25 heavy (non-hydrogen) atoms. The molecule has 5 nitrogen and oxygen atoms in total. The third kappa shape index (κ3) is 3.12. The summed E-state index contributed by atoms with van der Waals surface area (Å²) in [6.45, 7) is 2.78. The Hall–Kier alpha value is -2.38. The summed E-state index contributed by atoms with van der Waals surface area (Å²) in [5.41, 5.74) is 3.46. The predicted molar refractivity (Wildman–Crippen MR) is 101 cm³/mol. The minimum Gasteiger partial charge on any atom is -0.340 e. The van der Waals surface area contributed by atoms with Crippen LogP contribution in [0.1, 0.15) is 10.4 Å². The van der Waals surface area contributed by atoms with Gasteiger partial charge in [-0.2, -0.15) is 0 Å². The third-order valence-corrected chi connectivity index (χ3v) is 7.01. The van der Waals surface area contributed by atoms with Crippen molar-refractivity contribution < 1.29 is 8.42 Å². The molecule has 0 radical (unpaired) electrons. The van der Waals surface area contributed by atoms with E-state index in [0.717, 1.165) is 23.5 Å². The fourth-order valence-electron chi connectivity index (χ4n) is 2.96. The van der Waals surface area contributed by atoms with Crippen molar-refractivity contribution in [3.63, 3.8) is 0 Å². The van der Waals surface area contributed by atoms with Crippen molar-refractivity contribution in [3.05, 3.63) is 65.2 Å². The number of rotatable bonds is 4. The van der Waals surface area contributed by atoms with Gasteiger partial charge in [-0.3, -0.25) is 4.72 Å². The molecule has 1 N–H and O–H groups in total. The van der Waals surface area contributed by atoms with E-state index in [2.05, 4.69) is 26.7 Å². The third-order valence-electron chi connectivity index (χ3n) is 4.17. The SMILES string of the molecule is Cc1ccc(S(=O)(=O)Nc2ccc(N3CCc4ccccc43)cn2)s1. The highest BCUT2D eigenvalue weighted by Crippen LogP contribution is 2.34. The van der Waals surface area contributed by atoms with Gasteiger partial charge in [-0.1, -0.05) is 18.2 Å². The smallest absolute Gasteiger partial charge is 0.272 e. The normalized spacial score (nSPS) is 13.7. The molecule has 1 aromatic carbocycles. The number of aromatic nitrogens is 1. The topological polar surface area (TPSA) is 62.3 Å². The second-order valence-corrected chi connectivity index (χ2v) is 9.10. The summed E-state index contributed by atoms with van der Waals surface area (Å²) in [7, 11) is -3.58. The van der Waals surface area contributed by atoms with Gasteiger partial charge in [-0.25, -0.2) is 13.4 Å². The maximum Gasteiger partial charge on any atom is 0.272 e. The fourth-order valence-corrected chi connectivity index (χ4v) is 5.25. The summed E-state index contributed by atoms with van der Waals surface area (Å²) in [4.78, 5) is 7.44. The molecular weight excluding hydrogens is 354 g/mol. The Morgan fingerprint density at radius 1 is 1.12 bits per heavy atom. The van der Waals surface area contributed by atoms with E-state index in [1.165, 1.54) is 22.6 Å². The van der Waals surface area contributed by atoms with Gasteiger partial charge in [0.15, 0.2) is 0 Å². The number of hydrogen-bond acceptors (Lipinski definition) is 5. The van der Waals surface area contributed by atoms with Crippen molar-refractivity contribution in [2.45, 2.75) is 17.6 Å². The van der Waals surface area contributed by atoms with Crippen LogP contribution >= 0.6 is 11.3 Å². The van der Waals surface area contributed by atoms with Crippen LogP contribution in [0.5, 0.6) is 0 Å². The lowest BCUT2D eigenvalue weighted by molar-refractivity contribution is 0.603. The standard InChI is InChI=1S/C18H17N3O2S2/c1-13-6-9-18(24-13)25(22,23)20-17-8-7-15(12-19-17)21-11-10-14-4-2-3-5-16(14)21/h2-9,12H,10-11H2,1H3,(H,19,20). The van der Waals surface area contributed by atoms with Crippen LogP contribution < -0.4 is 9.62 Å². The maximum absolute atomic E-state index is 12.4. The molecule has 3 aromatic rings. The first-order chi connectivity index (χ1) is 12.0. The number of pyridine rings is 1. The van der Waals surface area contributed by atoms with E-state index < -0.39 is 10.0 Å². The van der Waals surface area contributed by atoms with Crippen LogP contribution in [0.4, 0.5) is 17.2 Å². The van der Waals surface area contributed by atoms with Gasteiger partial charge >= 0.3 is 0 Å². The van der Waals surface area contributed by atoms with Crippen LogP contribution in [-0.2, 0) is 16.4 Å². The van der Waals surface area contributed by atoms with Gasteiger partial charge in [-0.15, -0.1) is 11.3 Å². The summed E-state index contributed by atoms with van der Waals surface area (Å²) in [5.74, 6) is 0.322. The highest BCUT2D eigenvalue weighted by Gasteiger charge is 2.21. The van der Waals surface area contributed by atoms with Crippen molar-refractivity contribution in [1.29, 1.82) is 0 Å². The van der Waals surface area contributed by atoms with Crippen LogP contribution in [0, 0.1) is 6.92 Å². The number of fused-ring (bicyclic) bond motifs is 1. The number of aryl methyl sites for hydroxylation is 1. The molecule has 1 aliphatic heterocycles. The zero-order valence-corrected chi connectivity index (χ0v) is 15.3. The van der Waals surface area contributed by atoms with Gasteiger partial charge < -0.3 is 4.90 Å². The van der Waals surface area contributed by atoms with Crippen molar-refractivity contribution >= 4 is 38.6 Å². The molecule has 0 atom stereocenters. The Labute approximate surface area is 151 Å². The molecule has 0 saturated carbocycles. The molecule has 7 heteroatoms. The molecule has 1 aliphatic rings. The summed E-state index contributed by atoms with van der Waals surface area (Å²) >= 11 is 1.24. The van der Waals surface area contributed by atoms with E-state index in [4.69, 9.17) is 0 Å². The van der Waals surface area contributed by atoms with Gasteiger partial charge in [-0.05, 0) is 49.2 Å². The number of benzene rings is 1. The highest BCUT2D eigenvalue weighted by molar-refractivity contribution is 7.94. The molecule has 0 fully saturated rings. The van der Waals surface area contributed by atoms with Crippen LogP contribution in [-0.4, -0.2) is 19.9 Å². The fraction of sp³-hybridized carbons (Fsp3) is 0.167. The van der Waals surface area contributed by atoms with E-state index in [-0.39, 0.29) is 0 Å². The molecule has 0 spiro atoms. The van der Waals surface area contributed by atoms with E-state index in [1.807, 2.05) is 25.1 Å². The molecule has 0 unspecified atom stereocenters. The number of anilines is 3. The molecule has 0 bridgehead atoms. The minimum absolute atomic E-state index is 0.296. The largest absolute Gasteiger partial charge is 0.340 e. The first-order valence-electron chi connectivity index (χ1n) is 7.94. The summed E-state index contributed by atoms with van der Waals surface area (Å²) < 4.78 is 27.6. The monoisotopic (exact) mass is 371 g/mol. The Bertz CT molecular complexity index is 1010. The zero-order valence-electron chi connectivity index (χ0n) is 13.6. The second-order valence-electron chi connectivity index (χ2n) is 5.90. The molecule has 3 heterocycles. The summed E-state index contributed by atoms with van der Waals surface area (Å²) in [6.07, 6.45) is 2.71. The molecule has 128 valence electrons. The molecular formula is C18H17N3O2S2. The quantitative estimate of drug-likeness (QED) is 0.754. The highest BCUT2D eigenvalue weighted by atomic mass is 32.2. The van der Waals surface area contributed by atoms with Crippen molar-refractivity contribution in [2.75, 3.05) is 16.2 Å². The number of hydrogen-bond donors (Lipinski definition) is 1. The predicted octanol–water partition coefficient (Wildman–Crippen LogP) is 3.95. The van der Waals surface area contributed by atoms with E-state index >= 15 is 0 Å². The van der Waals surface area contributed by atoms with E-state index in [1.54, 1.807) is 24.4 Å². The first-order valence-corrected chi connectivity index (χ1v) is 10.2.